The second-order valence-corrected chi connectivity index (χ2v) is 9.89. The number of hydrogen-bond acceptors (Lipinski definition) is 4. The average molecular weight is 423 g/mol. The van der Waals surface area contributed by atoms with Gasteiger partial charge in [-0.3, -0.25) is 4.79 Å². The van der Waals surface area contributed by atoms with Gasteiger partial charge in [-0.1, -0.05) is 30.3 Å². The van der Waals surface area contributed by atoms with Crippen molar-refractivity contribution in [1.82, 2.24) is 9.21 Å². The zero-order chi connectivity index (χ0) is 20.1. The van der Waals surface area contributed by atoms with E-state index in [0.717, 1.165) is 5.56 Å². The van der Waals surface area contributed by atoms with E-state index in [-0.39, 0.29) is 35.0 Å². The third-order valence-corrected chi connectivity index (χ3v) is 7.81. The largest absolute Gasteiger partial charge is 0.339 e. The standard InChI is InChI=1S/C20H23FN2O3S2/c1-16(27-15-17-7-9-18(21)10-8-17)20(24)22-11-13-23(14-12-22)28(25,26)19-5-3-2-4-6-19/h2-10,16H,11-15H2,1H3/t16-/m1/s1. The SMILES string of the molecule is C[C@@H](SCc1ccc(F)cc1)C(=O)N1CCN(S(=O)(=O)c2ccccc2)CC1. The zero-order valence-electron chi connectivity index (χ0n) is 15.6. The summed E-state index contributed by atoms with van der Waals surface area (Å²) in [6.45, 7) is 3.19. The van der Waals surface area contributed by atoms with Gasteiger partial charge in [0.1, 0.15) is 5.82 Å². The van der Waals surface area contributed by atoms with Crippen LogP contribution in [-0.4, -0.2) is 55.0 Å². The van der Waals surface area contributed by atoms with Gasteiger partial charge in [0.25, 0.3) is 0 Å². The molecule has 3 rings (SSSR count). The van der Waals surface area contributed by atoms with Gasteiger partial charge in [-0.15, -0.1) is 11.8 Å². The molecule has 1 aliphatic heterocycles. The van der Waals surface area contributed by atoms with E-state index in [1.807, 2.05) is 6.92 Å². The fourth-order valence-corrected chi connectivity index (χ4v) is 5.39. The Morgan fingerprint density at radius 1 is 1.04 bits per heavy atom. The van der Waals surface area contributed by atoms with Crippen molar-refractivity contribution in [3.05, 3.63) is 66.0 Å². The van der Waals surface area contributed by atoms with Crippen LogP contribution in [0.15, 0.2) is 59.5 Å². The van der Waals surface area contributed by atoms with Crippen molar-refractivity contribution >= 4 is 27.7 Å². The second-order valence-electron chi connectivity index (χ2n) is 6.62. The van der Waals surface area contributed by atoms with Crippen LogP contribution >= 0.6 is 11.8 Å². The normalized spacial score (nSPS) is 16.7. The molecule has 2 aromatic carbocycles. The lowest BCUT2D eigenvalue weighted by Crippen LogP contribution is -2.52. The number of amides is 1. The second kappa shape index (κ2) is 9.07. The number of carbonyl (C=O) groups is 1. The van der Waals surface area contributed by atoms with Crippen molar-refractivity contribution in [2.75, 3.05) is 26.2 Å². The van der Waals surface area contributed by atoms with Gasteiger partial charge in [-0.05, 0) is 36.8 Å². The highest BCUT2D eigenvalue weighted by atomic mass is 32.2. The molecule has 5 nitrogen and oxygen atoms in total. The fraction of sp³-hybridized carbons (Fsp3) is 0.350. The van der Waals surface area contributed by atoms with Crippen LogP contribution in [0.1, 0.15) is 12.5 Å². The molecule has 28 heavy (non-hydrogen) atoms. The average Bonchev–Trinajstić information content (AvgIpc) is 2.73. The molecule has 0 N–H and O–H groups in total. The number of nitrogens with zero attached hydrogens (tertiary/aromatic N) is 2. The molecule has 0 saturated carbocycles. The van der Waals surface area contributed by atoms with E-state index in [4.69, 9.17) is 0 Å². The summed E-state index contributed by atoms with van der Waals surface area (Å²) in [4.78, 5) is 14.7. The maximum absolute atomic E-state index is 13.0. The Morgan fingerprint density at radius 3 is 2.25 bits per heavy atom. The lowest BCUT2D eigenvalue weighted by Gasteiger charge is -2.35. The van der Waals surface area contributed by atoms with Crippen molar-refractivity contribution < 1.29 is 17.6 Å². The molecular weight excluding hydrogens is 399 g/mol. The number of piperazine rings is 1. The summed E-state index contributed by atoms with van der Waals surface area (Å²) in [5, 5.41) is -0.248. The highest BCUT2D eigenvalue weighted by molar-refractivity contribution is 7.99. The summed E-state index contributed by atoms with van der Waals surface area (Å²) in [6.07, 6.45) is 0. The number of rotatable bonds is 6. The van der Waals surface area contributed by atoms with E-state index >= 15 is 0 Å². The Bertz CT molecular complexity index is 897. The van der Waals surface area contributed by atoms with Crippen molar-refractivity contribution in [3.8, 4) is 0 Å². The minimum absolute atomic E-state index is 0.00358. The van der Waals surface area contributed by atoms with Gasteiger partial charge in [0, 0.05) is 31.9 Å². The molecule has 0 aliphatic carbocycles. The Balaban J connectivity index is 1.52. The van der Waals surface area contributed by atoms with Crippen LogP contribution in [-0.2, 0) is 20.6 Å². The topological polar surface area (TPSA) is 57.7 Å². The van der Waals surface area contributed by atoms with Crippen LogP contribution in [0.25, 0.3) is 0 Å². The lowest BCUT2D eigenvalue weighted by molar-refractivity contribution is -0.131. The van der Waals surface area contributed by atoms with Crippen molar-refractivity contribution in [3.63, 3.8) is 0 Å². The van der Waals surface area contributed by atoms with Gasteiger partial charge in [0.05, 0.1) is 10.1 Å². The molecule has 0 radical (unpaired) electrons. The predicted octanol–water partition coefficient (Wildman–Crippen LogP) is 2.98. The quantitative estimate of drug-likeness (QED) is 0.718. The number of sulfonamides is 1. The van der Waals surface area contributed by atoms with E-state index in [0.29, 0.717) is 18.8 Å². The van der Waals surface area contributed by atoms with E-state index in [9.17, 15) is 17.6 Å². The molecule has 0 spiro atoms. The zero-order valence-corrected chi connectivity index (χ0v) is 17.3. The van der Waals surface area contributed by atoms with Gasteiger partial charge < -0.3 is 4.90 Å². The van der Waals surface area contributed by atoms with Crippen LogP contribution in [0.2, 0.25) is 0 Å². The molecule has 1 aliphatic rings. The summed E-state index contributed by atoms with van der Waals surface area (Å²) in [7, 11) is -3.52. The van der Waals surface area contributed by atoms with Gasteiger partial charge >= 0.3 is 0 Å². The Morgan fingerprint density at radius 2 is 1.64 bits per heavy atom. The van der Waals surface area contributed by atoms with Crippen LogP contribution in [0, 0.1) is 5.82 Å². The molecule has 2 aromatic rings. The Hall–Kier alpha value is -1.90. The molecule has 1 atom stereocenters. The van der Waals surface area contributed by atoms with E-state index in [1.165, 1.54) is 28.2 Å². The van der Waals surface area contributed by atoms with Crippen molar-refractivity contribution in [2.45, 2.75) is 22.8 Å². The molecule has 1 amide bonds. The van der Waals surface area contributed by atoms with Gasteiger partial charge in [0.15, 0.2) is 0 Å². The highest BCUT2D eigenvalue weighted by Gasteiger charge is 2.31. The molecule has 0 bridgehead atoms. The van der Waals surface area contributed by atoms with Gasteiger partial charge in [-0.2, -0.15) is 4.31 Å². The Labute approximate surface area is 169 Å². The number of hydrogen-bond donors (Lipinski definition) is 0. The lowest BCUT2D eigenvalue weighted by atomic mass is 10.2. The maximum Gasteiger partial charge on any atom is 0.243 e. The first-order chi connectivity index (χ1) is 13.4. The summed E-state index contributed by atoms with van der Waals surface area (Å²) < 4.78 is 39.7. The molecule has 150 valence electrons. The molecule has 0 aromatic heterocycles. The minimum Gasteiger partial charge on any atom is -0.339 e. The molecule has 1 saturated heterocycles. The number of thioether (sulfide) groups is 1. The Kier molecular flexibility index (Phi) is 6.74. The van der Waals surface area contributed by atoms with E-state index < -0.39 is 10.0 Å². The first kappa shape index (κ1) is 20.8. The van der Waals surface area contributed by atoms with E-state index in [2.05, 4.69) is 0 Å². The van der Waals surface area contributed by atoms with Crippen molar-refractivity contribution in [2.24, 2.45) is 0 Å². The van der Waals surface area contributed by atoms with E-state index in [1.54, 1.807) is 47.4 Å². The summed E-state index contributed by atoms with van der Waals surface area (Å²) in [5.41, 5.74) is 0.963. The third-order valence-electron chi connectivity index (χ3n) is 4.69. The van der Waals surface area contributed by atoms with Crippen LogP contribution < -0.4 is 0 Å². The molecule has 0 unspecified atom stereocenters. The number of halogens is 1. The third kappa shape index (κ3) is 4.92. The van der Waals surface area contributed by atoms with Crippen molar-refractivity contribution in [1.29, 1.82) is 0 Å². The maximum atomic E-state index is 13.0. The predicted molar refractivity (Wildman–Crippen MR) is 109 cm³/mol. The van der Waals surface area contributed by atoms with Crippen LogP contribution in [0.3, 0.4) is 0 Å². The molecule has 1 heterocycles. The molecule has 1 fully saturated rings. The number of carbonyl (C=O) groups excluding carboxylic acids is 1. The van der Waals surface area contributed by atoms with Gasteiger partial charge in [0.2, 0.25) is 15.9 Å². The van der Waals surface area contributed by atoms with Crippen LogP contribution in [0.5, 0.6) is 0 Å². The summed E-state index contributed by atoms with van der Waals surface area (Å²) in [6, 6.07) is 14.6. The smallest absolute Gasteiger partial charge is 0.243 e. The van der Waals surface area contributed by atoms with Crippen LogP contribution in [0.4, 0.5) is 4.39 Å². The first-order valence-corrected chi connectivity index (χ1v) is 11.6. The highest BCUT2D eigenvalue weighted by Crippen LogP contribution is 2.22. The van der Waals surface area contributed by atoms with Gasteiger partial charge in [-0.25, -0.2) is 12.8 Å². The number of benzene rings is 2. The first-order valence-electron chi connectivity index (χ1n) is 9.08. The minimum atomic E-state index is -3.52. The fourth-order valence-electron chi connectivity index (χ4n) is 3.02. The monoisotopic (exact) mass is 422 g/mol. The molecular formula is C20H23FN2O3S2. The molecule has 8 heteroatoms. The summed E-state index contributed by atoms with van der Waals surface area (Å²) in [5.74, 6) is 0.347. The summed E-state index contributed by atoms with van der Waals surface area (Å²) >= 11 is 1.49.